The summed E-state index contributed by atoms with van der Waals surface area (Å²) in [5.74, 6) is 0. The Balaban J connectivity index is 0.000000960. The Bertz CT molecular complexity index is 739. The van der Waals surface area contributed by atoms with Crippen molar-refractivity contribution in [2.45, 2.75) is 23.9 Å². The molecule has 0 unspecified atom stereocenters. The van der Waals surface area contributed by atoms with Crippen LogP contribution in [0.4, 0.5) is 0 Å². The minimum absolute atomic E-state index is 0. The molecule has 4 rings (SSSR count). The third-order valence-electron chi connectivity index (χ3n) is 4.43. The third-order valence-corrected chi connectivity index (χ3v) is 8.49. The molecular formula is C20H18Cl2Zr. The second kappa shape index (κ2) is 7.51. The molecule has 0 heterocycles. The van der Waals surface area contributed by atoms with E-state index in [4.69, 9.17) is 0 Å². The van der Waals surface area contributed by atoms with Crippen LogP contribution in [-0.2, 0) is 23.2 Å². The SMILES string of the molecule is Cc1ccc2c(c1)[CH]([Zr+2][C]1=CC=CC1)c1cc(C)ccc1-2.[Cl-].[Cl-]. The monoisotopic (exact) mass is 418 g/mol. The molecule has 0 fully saturated rings. The summed E-state index contributed by atoms with van der Waals surface area (Å²) in [4.78, 5) is 0. The number of fused-ring (bicyclic) bond motifs is 3. The zero-order valence-corrected chi connectivity index (χ0v) is 17.2. The van der Waals surface area contributed by atoms with Crippen LogP contribution in [0.3, 0.4) is 0 Å². The number of halogens is 2. The van der Waals surface area contributed by atoms with Gasteiger partial charge in [-0.1, -0.05) is 0 Å². The van der Waals surface area contributed by atoms with Gasteiger partial charge in [0.1, 0.15) is 0 Å². The second-order valence-electron chi connectivity index (χ2n) is 6.08. The normalized spacial score (nSPS) is 14.3. The van der Waals surface area contributed by atoms with Gasteiger partial charge in [-0.05, 0) is 0 Å². The van der Waals surface area contributed by atoms with E-state index in [1.165, 1.54) is 28.7 Å². The topological polar surface area (TPSA) is 0 Å². The molecule has 0 aliphatic heterocycles. The summed E-state index contributed by atoms with van der Waals surface area (Å²) in [5, 5.41) is 0. The predicted octanol–water partition coefficient (Wildman–Crippen LogP) is -0.692. The van der Waals surface area contributed by atoms with Crippen molar-refractivity contribution in [3.8, 4) is 11.1 Å². The number of hydrogen-bond donors (Lipinski definition) is 0. The van der Waals surface area contributed by atoms with Crippen LogP contribution >= 0.6 is 0 Å². The quantitative estimate of drug-likeness (QED) is 0.604. The van der Waals surface area contributed by atoms with Gasteiger partial charge in [0, 0.05) is 0 Å². The standard InChI is InChI=1S/C15H13.C5H5.2ClH.Zr/c1-10-3-5-14-12(7-10)9-13-8-11(2)4-6-15(13)14;1-2-4-5-3-1;;;/h3-9H,1-2H3;1-3H,4H2;2*1H;/q;;;;+2/p-2. The first-order valence-corrected chi connectivity index (χ1v) is 10.2. The van der Waals surface area contributed by atoms with Gasteiger partial charge in [0.15, 0.2) is 0 Å². The fourth-order valence-electron chi connectivity index (χ4n) is 3.40. The molecule has 0 aromatic heterocycles. The smallest absolute Gasteiger partial charge is 1.00 e. The van der Waals surface area contributed by atoms with Crippen molar-refractivity contribution in [3.63, 3.8) is 0 Å². The maximum absolute atomic E-state index is 2.43. The Hall–Kier alpha value is -0.617. The average Bonchev–Trinajstić information content (AvgIpc) is 3.07. The van der Waals surface area contributed by atoms with E-state index in [9.17, 15) is 0 Å². The summed E-state index contributed by atoms with van der Waals surface area (Å²) in [7, 11) is 0. The summed E-state index contributed by atoms with van der Waals surface area (Å²) in [6.45, 7) is 4.43. The molecule has 0 radical (unpaired) electrons. The van der Waals surface area contributed by atoms with E-state index in [2.05, 4.69) is 68.5 Å². The van der Waals surface area contributed by atoms with Crippen molar-refractivity contribution in [1.29, 1.82) is 0 Å². The Morgan fingerprint density at radius 3 is 1.91 bits per heavy atom. The maximum atomic E-state index is 2.43. The molecule has 2 aromatic carbocycles. The number of benzene rings is 2. The number of rotatable bonds is 2. The Labute approximate surface area is 162 Å². The molecule has 0 spiro atoms. The van der Waals surface area contributed by atoms with E-state index in [1.54, 1.807) is 14.4 Å². The molecule has 116 valence electrons. The molecule has 0 nitrogen and oxygen atoms in total. The first-order chi connectivity index (χ1) is 10.2. The van der Waals surface area contributed by atoms with E-state index in [0.717, 1.165) is 0 Å². The van der Waals surface area contributed by atoms with Crippen molar-refractivity contribution in [1.82, 2.24) is 0 Å². The molecule has 3 heteroatoms. The summed E-state index contributed by atoms with van der Waals surface area (Å²) in [6, 6.07) is 14.0. The van der Waals surface area contributed by atoms with Crippen LogP contribution < -0.4 is 24.8 Å². The first kappa shape index (κ1) is 18.7. The molecule has 2 aliphatic carbocycles. The Morgan fingerprint density at radius 1 is 0.870 bits per heavy atom. The minimum atomic E-state index is -0.609. The molecule has 0 N–H and O–H groups in total. The maximum Gasteiger partial charge on any atom is -1.00 e. The van der Waals surface area contributed by atoms with Crippen molar-refractivity contribution >= 4 is 0 Å². The van der Waals surface area contributed by atoms with Gasteiger partial charge in [-0.25, -0.2) is 0 Å². The van der Waals surface area contributed by atoms with Crippen molar-refractivity contribution in [2.24, 2.45) is 0 Å². The fourth-order valence-corrected chi connectivity index (χ4v) is 7.30. The van der Waals surface area contributed by atoms with Crippen LogP contribution in [0.5, 0.6) is 0 Å². The molecule has 2 aliphatic rings. The molecule has 0 saturated carbocycles. The van der Waals surface area contributed by atoms with E-state index in [1.807, 2.05) is 0 Å². The van der Waals surface area contributed by atoms with Gasteiger partial charge in [-0.15, -0.1) is 0 Å². The molecule has 0 atom stereocenters. The van der Waals surface area contributed by atoms with Crippen LogP contribution in [0.2, 0.25) is 0 Å². The molecule has 0 saturated heterocycles. The molecule has 0 amide bonds. The molecule has 23 heavy (non-hydrogen) atoms. The second-order valence-corrected chi connectivity index (χ2v) is 9.79. The zero-order chi connectivity index (χ0) is 14.4. The fraction of sp³-hybridized carbons (Fsp3) is 0.200. The van der Waals surface area contributed by atoms with Gasteiger partial charge >= 0.3 is 138 Å². The zero-order valence-electron chi connectivity index (χ0n) is 13.2. The van der Waals surface area contributed by atoms with E-state index >= 15 is 0 Å². The molecule has 2 aromatic rings. The number of hydrogen-bond acceptors (Lipinski definition) is 0. The summed E-state index contributed by atoms with van der Waals surface area (Å²) in [6.07, 6.45) is 8.11. The van der Waals surface area contributed by atoms with Crippen molar-refractivity contribution in [2.75, 3.05) is 0 Å². The van der Waals surface area contributed by atoms with Crippen molar-refractivity contribution < 1.29 is 48.0 Å². The van der Waals surface area contributed by atoms with Gasteiger partial charge < -0.3 is 24.8 Å². The van der Waals surface area contributed by atoms with Crippen LogP contribution in [0.1, 0.15) is 32.3 Å². The van der Waals surface area contributed by atoms with Crippen LogP contribution in [0.15, 0.2) is 57.9 Å². The van der Waals surface area contributed by atoms with Crippen LogP contribution in [0, 0.1) is 13.8 Å². The van der Waals surface area contributed by atoms with E-state index in [-0.39, 0.29) is 24.8 Å². The van der Waals surface area contributed by atoms with Gasteiger partial charge in [0.2, 0.25) is 0 Å². The Kier molecular flexibility index (Phi) is 6.12. The summed E-state index contributed by atoms with van der Waals surface area (Å²) < 4.78 is 2.43. The minimum Gasteiger partial charge on any atom is -1.00 e. The molecular weight excluding hydrogens is 402 g/mol. The van der Waals surface area contributed by atoms with Gasteiger partial charge in [-0.3, -0.25) is 0 Å². The number of aryl methyl sites for hydroxylation is 2. The van der Waals surface area contributed by atoms with E-state index < -0.39 is 23.2 Å². The van der Waals surface area contributed by atoms with Gasteiger partial charge in [0.05, 0.1) is 0 Å². The number of allylic oxidation sites excluding steroid dienone is 4. The van der Waals surface area contributed by atoms with Gasteiger partial charge in [0.25, 0.3) is 0 Å². The average molecular weight is 420 g/mol. The first-order valence-electron chi connectivity index (χ1n) is 7.56. The van der Waals surface area contributed by atoms with Gasteiger partial charge in [-0.2, -0.15) is 0 Å². The predicted molar refractivity (Wildman–Crippen MR) is 85.0 cm³/mol. The summed E-state index contributed by atoms with van der Waals surface area (Å²) in [5.41, 5.74) is 8.92. The van der Waals surface area contributed by atoms with E-state index in [0.29, 0.717) is 3.63 Å². The van der Waals surface area contributed by atoms with Crippen LogP contribution in [0.25, 0.3) is 11.1 Å². The molecule has 0 bridgehead atoms. The third kappa shape index (κ3) is 3.43. The van der Waals surface area contributed by atoms with Crippen molar-refractivity contribution in [3.05, 3.63) is 80.2 Å². The Morgan fingerprint density at radius 2 is 1.43 bits per heavy atom. The summed E-state index contributed by atoms with van der Waals surface area (Å²) >= 11 is -0.609. The van der Waals surface area contributed by atoms with Crippen LogP contribution in [-0.4, -0.2) is 0 Å². The largest absolute Gasteiger partial charge is 1.00 e.